The lowest BCUT2D eigenvalue weighted by Gasteiger charge is -2.17. The second-order valence-corrected chi connectivity index (χ2v) is 5.91. The Balaban J connectivity index is 2.16. The minimum Gasteiger partial charge on any atom is -0.380 e. The number of hydrogen-bond acceptors (Lipinski definition) is 2. The summed E-state index contributed by atoms with van der Waals surface area (Å²) in [5.41, 5.74) is -0.125. The molecule has 1 fully saturated rings. The highest BCUT2D eigenvalue weighted by molar-refractivity contribution is 9.10. The van der Waals surface area contributed by atoms with Crippen LogP contribution in [0.25, 0.3) is 0 Å². The summed E-state index contributed by atoms with van der Waals surface area (Å²) in [6.07, 6.45) is -3.38. The Bertz CT molecular complexity index is 452. The van der Waals surface area contributed by atoms with Crippen molar-refractivity contribution in [1.82, 2.24) is 4.90 Å². The first-order valence-corrected chi connectivity index (χ1v) is 6.90. The van der Waals surface area contributed by atoms with E-state index in [1.165, 1.54) is 6.07 Å². The van der Waals surface area contributed by atoms with E-state index in [-0.39, 0.29) is 6.04 Å². The van der Waals surface area contributed by atoms with E-state index < -0.39 is 11.7 Å². The van der Waals surface area contributed by atoms with Crippen LogP contribution < -0.4 is 5.32 Å². The predicted octanol–water partition coefficient (Wildman–Crippen LogP) is 3.97. The molecular formula is C13H16BrF3N2. The number of anilines is 1. The van der Waals surface area contributed by atoms with Gasteiger partial charge in [0.1, 0.15) is 0 Å². The van der Waals surface area contributed by atoms with Gasteiger partial charge in [-0.05, 0) is 54.5 Å². The van der Waals surface area contributed by atoms with Gasteiger partial charge in [0.15, 0.2) is 0 Å². The molecule has 0 saturated carbocycles. The molecule has 2 unspecified atom stereocenters. The number of likely N-dealkylation sites (N-methyl/N-ethyl adjacent to an activating group) is 1. The number of halogens is 4. The van der Waals surface area contributed by atoms with Crippen molar-refractivity contribution in [3.63, 3.8) is 0 Å². The molecule has 1 aliphatic heterocycles. The first kappa shape index (κ1) is 14.7. The van der Waals surface area contributed by atoms with Gasteiger partial charge in [-0.25, -0.2) is 0 Å². The zero-order valence-electron chi connectivity index (χ0n) is 10.8. The summed E-state index contributed by atoms with van der Waals surface area (Å²) in [5.74, 6) is 0. The lowest BCUT2D eigenvalue weighted by atomic mass is 10.1. The summed E-state index contributed by atoms with van der Waals surface area (Å²) < 4.78 is 38.7. The summed E-state index contributed by atoms with van der Waals surface area (Å²) >= 11 is 3.29. The van der Waals surface area contributed by atoms with Gasteiger partial charge in [-0.2, -0.15) is 13.2 Å². The van der Waals surface area contributed by atoms with Crippen LogP contribution in [-0.2, 0) is 6.18 Å². The molecule has 1 aromatic rings. The number of hydrogen-bond donors (Lipinski definition) is 1. The Hall–Kier alpha value is -0.750. The van der Waals surface area contributed by atoms with Gasteiger partial charge >= 0.3 is 6.18 Å². The summed E-state index contributed by atoms with van der Waals surface area (Å²) in [6, 6.07) is 4.31. The van der Waals surface area contributed by atoms with Crippen LogP contribution in [0, 0.1) is 0 Å². The highest BCUT2D eigenvalue weighted by Gasteiger charge is 2.32. The van der Waals surface area contributed by atoms with Crippen molar-refractivity contribution in [2.24, 2.45) is 0 Å². The fourth-order valence-electron chi connectivity index (χ4n) is 2.33. The first-order chi connectivity index (χ1) is 8.77. The third-order valence-electron chi connectivity index (χ3n) is 3.54. The highest BCUT2D eigenvalue weighted by Crippen LogP contribution is 2.34. The van der Waals surface area contributed by atoms with Crippen LogP contribution in [0.5, 0.6) is 0 Å². The van der Waals surface area contributed by atoms with Gasteiger partial charge in [0.25, 0.3) is 0 Å². The number of likely N-dealkylation sites (tertiary alicyclic amines) is 1. The van der Waals surface area contributed by atoms with Crippen LogP contribution in [0.3, 0.4) is 0 Å². The molecule has 1 heterocycles. The van der Waals surface area contributed by atoms with Crippen LogP contribution in [0.4, 0.5) is 18.9 Å². The maximum Gasteiger partial charge on any atom is 0.416 e. The average molecular weight is 337 g/mol. The van der Waals surface area contributed by atoms with Crippen molar-refractivity contribution in [3.05, 3.63) is 28.2 Å². The topological polar surface area (TPSA) is 15.3 Å². The molecule has 0 spiro atoms. The number of benzene rings is 1. The van der Waals surface area contributed by atoms with Crippen molar-refractivity contribution < 1.29 is 13.2 Å². The predicted molar refractivity (Wildman–Crippen MR) is 73.3 cm³/mol. The Kier molecular flexibility index (Phi) is 4.11. The lowest BCUT2D eigenvalue weighted by molar-refractivity contribution is -0.137. The van der Waals surface area contributed by atoms with Crippen molar-refractivity contribution in [1.29, 1.82) is 0 Å². The molecule has 0 bridgehead atoms. The monoisotopic (exact) mass is 336 g/mol. The maximum atomic E-state index is 12.7. The van der Waals surface area contributed by atoms with Gasteiger partial charge in [0.2, 0.25) is 0 Å². The maximum absolute atomic E-state index is 12.7. The third-order valence-corrected chi connectivity index (χ3v) is 4.23. The van der Waals surface area contributed by atoms with Crippen LogP contribution in [0.15, 0.2) is 22.7 Å². The normalized spacial score (nSPS) is 24.7. The fraction of sp³-hybridized carbons (Fsp3) is 0.538. The Morgan fingerprint density at radius 2 is 2.05 bits per heavy atom. The molecular weight excluding hydrogens is 321 g/mol. The smallest absolute Gasteiger partial charge is 0.380 e. The zero-order chi connectivity index (χ0) is 14.2. The molecule has 0 aromatic heterocycles. The lowest BCUT2D eigenvalue weighted by Crippen LogP contribution is -2.25. The van der Waals surface area contributed by atoms with Crippen molar-refractivity contribution in [2.45, 2.75) is 31.6 Å². The molecule has 1 N–H and O–H groups in total. The molecule has 0 aliphatic carbocycles. The van der Waals surface area contributed by atoms with Gasteiger partial charge in [-0.3, -0.25) is 0 Å². The molecule has 6 heteroatoms. The SMILES string of the molecule is CC1CC(Nc2cc(C(F)(F)F)ccc2Br)CN1C. The van der Waals surface area contributed by atoms with Gasteiger partial charge in [0, 0.05) is 28.8 Å². The van der Waals surface area contributed by atoms with E-state index in [4.69, 9.17) is 0 Å². The van der Waals surface area contributed by atoms with E-state index in [1.54, 1.807) is 0 Å². The molecule has 2 nitrogen and oxygen atoms in total. The Labute approximate surface area is 119 Å². The number of rotatable bonds is 2. The van der Waals surface area contributed by atoms with Crippen molar-refractivity contribution in [2.75, 3.05) is 18.9 Å². The minimum atomic E-state index is -4.31. The van der Waals surface area contributed by atoms with E-state index in [9.17, 15) is 13.2 Å². The minimum absolute atomic E-state index is 0.180. The van der Waals surface area contributed by atoms with Crippen LogP contribution in [0.2, 0.25) is 0 Å². The summed E-state index contributed by atoms with van der Waals surface area (Å²) in [5, 5.41) is 3.19. The van der Waals surface area contributed by atoms with Gasteiger partial charge in [-0.15, -0.1) is 0 Å². The summed E-state index contributed by atoms with van der Waals surface area (Å²) in [4.78, 5) is 2.19. The molecule has 2 rings (SSSR count). The standard InChI is InChI=1S/C13H16BrF3N2/c1-8-5-10(7-19(8)2)18-12-6-9(13(15,16)17)3-4-11(12)14/h3-4,6,8,10,18H,5,7H2,1-2H3. The largest absolute Gasteiger partial charge is 0.416 e. The van der Waals surface area contributed by atoms with Crippen LogP contribution in [0.1, 0.15) is 18.9 Å². The van der Waals surface area contributed by atoms with Gasteiger partial charge in [-0.1, -0.05) is 0 Å². The highest BCUT2D eigenvalue weighted by atomic mass is 79.9. The molecule has 2 atom stereocenters. The number of alkyl halides is 3. The molecule has 1 aliphatic rings. The summed E-state index contributed by atoms with van der Waals surface area (Å²) in [7, 11) is 2.02. The van der Waals surface area contributed by atoms with Crippen LogP contribution >= 0.6 is 15.9 Å². The number of nitrogens with zero attached hydrogens (tertiary/aromatic N) is 1. The Morgan fingerprint density at radius 1 is 1.37 bits per heavy atom. The average Bonchev–Trinajstić information content (AvgIpc) is 2.59. The molecule has 0 radical (unpaired) electrons. The van der Waals surface area contributed by atoms with E-state index in [1.807, 2.05) is 7.05 Å². The first-order valence-electron chi connectivity index (χ1n) is 6.11. The third kappa shape index (κ3) is 3.42. The van der Waals surface area contributed by atoms with Crippen molar-refractivity contribution in [3.8, 4) is 0 Å². The molecule has 19 heavy (non-hydrogen) atoms. The number of nitrogens with one attached hydrogen (secondary N) is 1. The zero-order valence-corrected chi connectivity index (χ0v) is 12.3. The quantitative estimate of drug-likeness (QED) is 0.878. The van der Waals surface area contributed by atoms with E-state index in [0.29, 0.717) is 16.2 Å². The molecule has 1 aromatic carbocycles. The second kappa shape index (κ2) is 5.32. The second-order valence-electron chi connectivity index (χ2n) is 5.06. The molecule has 1 saturated heterocycles. The summed E-state index contributed by atoms with van der Waals surface area (Å²) in [6.45, 7) is 2.95. The van der Waals surface area contributed by atoms with Gasteiger partial charge < -0.3 is 10.2 Å². The van der Waals surface area contributed by atoms with Crippen LogP contribution in [-0.4, -0.2) is 30.6 Å². The molecule has 106 valence electrons. The van der Waals surface area contributed by atoms with E-state index in [0.717, 1.165) is 25.1 Å². The Morgan fingerprint density at radius 3 is 2.58 bits per heavy atom. The fourth-order valence-corrected chi connectivity index (χ4v) is 2.69. The van der Waals surface area contributed by atoms with E-state index >= 15 is 0 Å². The van der Waals surface area contributed by atoms with Crippen molar-refractivity contribution >= 4 is 21.6 Å². The van der Waals surface area contributed by atoms with E-state index in [2.05, 4.69) is 33.1 Å². The van der Waals surface area contributed by atoms with Gasteiger partial charge in [0.05, 0.1) is 5.56 Å². The molecule has 0 amide bonds.